The third kappa shape index (κ3) is 4.00. The standard InChI is InChI=1S/C19H25NO2/c1-13(2)19(4,5)11-14(3)20-17-8-6-15(7-9-17)16-10-18(21)22-12-16/h6-10,13,20H,3,11-12H2,1-2,4-5H3. The number of cyclic esters (lactones) is 1. The minimum atomic E-state index is -0.263. The van der Waals surface area contributed by atoms with E-state index >= 15 is 0 Å². The fourth-order valence-corrected chi connectivity index (χ4v) is 2.31. The molecule has 0 spiro atoms. The molecule has 1 aliphatic heterocycles. The van der Waals surface area contributed by atoms with Crippen LogP contribution in [0.2, 0.25) is 0 Å². The van der Waals surface area contributed by atoms with E-state index in [-0.39, 0.29) is 11.4 Å². The molecule has 0 radical (unpaired) electrons. The number of rotatable bonds is 6. The number of carbonyl (C=O) groups excluding carboxylic acids is 1. The van der Waals surface area contributed by atoms with Gasteiger partial charge in [0.05, 0.1) is 0 Å². The van der Waals surface area contributed by atoms with Gasteiger partial charge in [-0.25, -0.2) is 4.79 Å². The van der Waals surface area contributed by atoms with Gasteiger partial charge >= 0.3 is 5.97 Å². The lowest BCUT2D eigenvalue weighted by Gasteiger charge is -2.30. The van der Waals surface area contributed by atoms with E-state index in [1.54, 1.807) is 6.08 Å². The van der Waals surface area contributed by atoms with Crippen molar-refractivity contribution in [1.82, 2.24) is 0 Å². The second-order valence-electron chi connectivity index (χ2n) is 6.90. The molecule has 1 aromatic carbocycles. The van der Waals surface area contributed by atoms with Gasteiger partial charge in [0.2, 0.25) is 0 Å². The van der Waals surface area contributed by atoms with Gasteiger partial charge in [-0.3, -0.25) is 0 Å². The van der Waals surface area contributed by atoms with Gasteiger partial charge in [0, 0.05) is 23.0 Å². The predicted octanol–water partition coefficient (Wildman–Crippen LogP) is 4.62. The maximum Gasteiger partial charge on any atom is 0.331 e. The molecule has 0 fully saturated rings. The first-order chi connectivity index (χ1) is 10.3. The number of ether oxygens (including phenoxy) is 1. The molecule has 118 valence electrons. The Balaban J connectivity index is 1.98. The van der Waals surface area contributed by atoms with Crippen molar-refractivity contribution in [3.8, 4) is 0 Å². The molecule has 1 aromatic rings. The van der Waals surface area contributed by atoms with Gasteiger partial charge < -0.3 is 10.1 Å². The second kappa shape index (κ2) is 6.39. The topological polar surface area (TPSA) is 38.3 Å². The first-order valence-electron chi connectivity index (χ1n) is 7.70. The van der Waals surface area contributed by atoms with Gasteiger partial charge in [-0.15, -0.1) is 0 Å². The highest BCUT2D eigenvalue weighted by Crippen LogP contribution is 2.33. The zero-order valence-electron chi connectivity index (χ0n) is 13.9. The fraction of sp³-hybridized carbons (Fsp3) is 0.421. The van der Waals surface area contributed by atoms with E-state index in [1.807, 2.05) is 24.3 Å². The molecule has 0 aromatic heterocycles. The molecule has 1 N–H and O–H groups in total. The molecule has 0 unspecified atom stereocenters. The van der Waals surface area contributed by atoms with Gasteiger partial charge in [-0.05, 0) is 35.4 Å². The molecule has 0 aliphatic carbocycles. The van der Waals surface area contributed by atoms with Crippen LogP contribution < -0.4 is 5.32 Å². The molecule has 2 rings (SSSR count). The number of esters is 1. The summed E-state index contributed by atoms with van der Waals surface area (Å²) in [7, 11) is 0. The summed E-state index contributed by atoms with van der Waals surface area (Å²) in [6.07, 6.45) is 2.48. The van der Waals surface area contributed by atoms with Gasteiger partial charge in [0.25, 0.3) is 0 Å². The molecule has 3 nitrogen and oxygen atoms in total. The third-order valence-electron chi connectivity index (χ3n) is 4.47. The lowest BCUT2D eigenvalue weighted by atomic mass is 9.77. The van der Waals surface area contributed by atoms with E-state index in [2.05, 4.69) is 39.6 Å². The summed E-state index contributed by atoms with van der Waals surface area (Å²) in [6, 6.07) is 8.01. The Morgan fingerprint density at radius 3 is 2.45 bits per heavy atom. The van der Waals surface area contributed by atoms with Crippen molar-refractivity contribution >= 4 is 17.2 Å². The summed E-state index contributed by atoms with van der Waals surface area (Å²) in [5.74, 6) is 0.335. The normalized spacial score (nSPS) is 14.8. The average molecular weight is 299 g/mol. The van der Waals surface area contributed by atoms with Gasteiger partial charge in [0.15, 0.2) is 0 Å². The minimum Gasteiger partial charge on any atom is -0.458 e. The third-order valence-corrected chi connectivity index (χ3v) is 4.47. The number of anilines is 1. The summed E-state index contributed by atoms with van der Waals surface area (Å²) < 4.78 is 4.93. The van der Waals surface area contributed by atoms with E-state index in [4.69, 9.17) is 4.74 Å². The zero-order valence-corrected chi connectivity index (χ0v) is 13.9. The maximum absolute atomic E-state index is 11.1. The summed E-state index contributed by atoms with van der Waals surface area (Å²) in [4.78, 5) is 11.1. The first kappa shape index (κ1) is 16.3. The van der Waals surface area contributed by atoms with Gasteiger partial charge in [0.1, 0.15) is 6.61 Å². The smallest absolute Gasteiger partial charge is 0.331 e. The molecule has 0 saturated carbocycles. The Morgan fingerprint density at radius 2 is 1.95 bits per heavy atom. The Kier molecular flexibility index (Phi) is 4.74. The monoisotopic (exact) mass is 299 g/mol. The van der Waals surface area contributed by atoms with Gasteiger partial charge in [-0.1, -0.05) is 46.4 Å². The predicted molar refractivity (Wildman–Crippen MR) is 91.4 cm³/mol. The van der Waals surface area contributed by atoms with Crippen LogP contribution in [0.5, 0.6) is 0 Å². The lowest BCUT2D eigenvalue weighted by molar-refractivity contribution is -0.134. The Labute approximate surface area is 133 Å². The summed E-state index contributed by atoms with van der Waals surface area (Å²) in [5.41, 5.74) is 4.20. The van der Waals surface area contributed by atoms with E-state index < -0.39 is 0 Å². The molecule has 0 bridgehead atoms. The van der Waals surface area contributed by atoms with Crippen LogP contribution in [0.15, 0.2) is 42.6 Å². The zero-order chi connectivity index (χ0) is 16.3. The van der Waals surface area contributed by atoms with E-state index in [0.29, 0.717) is 12.5 Å². The SMILES string of the molecule is C=C(CC(C)(C)C(C)C)Nc1ccc(C2=CC(=O)OC2)cc1. The number of benzene rings is 1. The van der Waals surface area contributed by atoms with Crippen LogP contribution >= 0.6 is 0 Å². The molecule has 22 heavy (non-hydrogen) atoms. The van der Waals surface area contributed by atoms with Crippen molar-refractivity contribution in [2.45, 2.75) is 34.1 Å². The first-order valence-corrected chi connectivity index (χ1v) is 7.70. The largest absolute Gasteiger partial charge is 0.458 e. The van der Waals surface area contributed by atoms with E-state index in [0.717, 1.165) is 28.9 Å². The van der Waals surface area contributed by atoms with Crippen LogP contribution in [-0.2, 0) is 9.53 Å². The summed E-state index contributed by atoms with van der Waals surface area (Å²) in [5, 5.41) is 3.37. The quantitative estimate of drug-likeness (QED) is 0.779. The van der Waals surface area contributed by atoms with Crippen LogP contribution in [0.25, 0.3) is 5.57 Å². The van der Waals surface area contributed by atoms with Crippen LogP contribution in [0.1, 0.15) is 39.7 Å². The van der Waals surface area contributed by atoms with Crippen molar-refractivity contribution in [3.05, 3.63) is 48.2 Å². The average Bonchev–Trinajstić information content (AvgIpc) is 2.85. The van der Waals surface area contributed by atoms with Crippen molar-refractivity contribution in [3.63, 3.8) is 0 Å². The fourth-order valence-electron chi connectivity index (χ4n) is 2.31. The molecule has 0 saturated heterocycles. The number of carbonyl (C=O) groups is 1. The lowest BCUT2D eigenvalue weighted by Crippen LogP contribution is -2.21. The highest BCUT2D eigenvalue weighted by Gasteiger charge is 2.23. The molecular formula is C19H25NO2. The van der Waals surface area contributed by atoms with Crippen molar-refractivity contribution in [2.24, 2.45) is 11.3 Å². The maximum atomic E-state index is 11.1. The van der Waals surface area contributed by atoms with Crippen molar-refractivity contribution < 1.29 is 9.53 Å². The Hall–Kier alpha value is -2.03. The van der Waals surface area contributed by atoms with Crippen molar-refractivity contribution in [1.29, 1.82) is 0 Å². The van der Waals surface area contributed by atoms with Crippen molar-refractivity contribution in [2.75, 3.05) is 11.9 Å². The number of allylic oxidation sites excluding steroid dienone is 1. The summed E-state index contributed by atoms with van der Waals surface area (Å²) in [6.45, 7) is 13.5. The molecular weight excluding hydrogens is 274 g/mol. The van der Waals surface area contributed by atoms with Crippen LogP contribution in [0, 0.1) is 11.3 Å². The van der Waals surface area contributed by atoms with E-state index in [9.17, 15) is 4.79 Å². The highest BCUT2D eigenvalue weighted by molar-refractivity contribution is 5.95. The molecule has 1 heterocycles. The van der Waals surface area contributed by atoms with Crippen LogP contribution in [-0.4, -0.2) is 12.6 Å². The second-order valence-corrected chi connectivity index (χ2v) is 6.90. The van der Waals surface area contributed by atoms with Gasteiger partial charge in [-0.2, -0.15) is 0 Å². The van der Waals surface area contributed by atoms with Crippen LogP contribution in [0.4, 0.5) is 5.69 Å². The molecule has 0 atom stereocenters. The van der Waals surface area contributed by atoms with Crippen LogP contribution in [0.3, 0.4) is 0 Å². The Bertz CT molecular complexity index is 594. The minimum absolute atomic E-state index is 0.219. The number of hydrogen-bond donors (Lipinski definition) is 1. The highest BCUT2D eigenvalue weighted by atomic mass is 16.5. The van der Waals surface area contributed by atoms with E-state index in [1.165, 1.54) is 0 Å². The summed E-state index contributed by atoms with van der Waals surface area (Å²) >= 11 is 0. The number of nitrogens with one attached hydrogen (secondary N) is 1. The molecule has 0 amide bonds. The molecule has 1 aliphatic rings. The number of hydrogen-bond acceptors (Lipinski definition) is 3. The molecule has 3 heteroatoms. The Morgan fingerprint density at radius 1 is 1.32 bits per heavy atom.